The minimum atomic E-state index is -0.667. The van der Waals surface area contributed by atoms with Crippen molar-refractivity contribution in [3.63, 3.8) is 0 Å². The summed E-state index contributed by atoms with van der Waals surface area (Å²) in [5.74, 6) is 0.851. The van der Waals surface area contributed by atoms with Gasteiger partial charge in [0.15, 0.2) is 0 Å². The van der Waals surface area contributed by atoms with Gasteiger partial charge in [0.05, 0.1) is 6.04 Å². The number of phenolic OH excluding ortho intramolecular Hbond substituents is 1. The standard InChI is InChI=1S/C27H27BN6O2/c28-23-17-31-27(34-25(23)30-14-13-18-9-11-22(35)12-10-18)33-21-8-4-7-20(16-21)32-26(36)24(29)15-19-5-2-1-3-6-19/h1-12,16-17,24,35H,13-15,29H2,(H,32,36)(H2,30,31,33,34). The average Bonchev–Trinajstić information content (AvgIpc) is 2.88. The van der Waals surface area contributed by atoms with Crippen LogP contribution in [0.15, 0.2) is 85.1 Å². The normalized spacial score (nSPS) is 11.5. The number of anilines is 4. The first-order valence-electron chi connectivity index (χ1n) is 11.6. The number of carbonyl (C=O) groups excluding carboxylic acids is 1. The number of nitrogens with two attached hydrogens (primary N) is 1. The topological polar surface area (TPSA) is 125 Å². The Morgan fingerprint density at radius 1 is 0.972 bits per heavy atom. The lowest BCUT2D eigenvalue weighted by Gasteiger charge is -2.14. The van der Waals surface area contributed by atoms with Crippen LogP contribution in [0.1, 0.15) is 11.1 Å². The Bertz CT molecular complexity index is 1300. The van der Waals surface area contributed by atoms with Crippen LogP contribution in [-0.2, 0) is 17.6 Å². The van der Waals surface area contributed by atoms with Gasteiger partial charge in [0, 0.05) is 24.1 Å². The third-order valence-corrected chi connectivity index (χ3v) is 5.48. The molecule has 1 aromatic heterocycles. The Kier molecular flexibility index (Phi) is 8.15. The van der Waals surface area contributed by atoms with E-state index >= 15 is 0 Å². The Hall–Kier alpha value is -4.37. The first-order chi connectivity index (χ1) is 17.5. The summed E-state index contributed by atoms with van der Waals surface area (Å²) in [5, 5.41) is 18.6. The number of hydrogen-bond acceptors (Lipinski definition) is 7. The van der Waals surface area contributed by atoms with Crippen molar-refractivity contribution in [2.75, 3.05) is 22.5 Å². The molecular weight excluding hydrogens is 451 g/mol. The first-order valence-corrected chi connectivity index (χ1v) is 11.6. The molecule has 4 rings (SSSR count). The number of phenols is 1. The highest BCUT2D eigenvalue weighted by atomic mass is 16.3. The van der Waals surface area contributed by atoms with Gasteiger partial charge in [-0.3, -0.25) is 4.79 Å². The number of amides is 1. The van der Waals surface area contributed by atoms with Gasteiger partial charge in [-0.2, -0.15) is 4.98 Å². The van der Waals surface area contributed by atoms with E-state index < -0.39 is 6.04 Å². The second-order valence-corrected chi connectivity index (χ2v) is 8.33. The summed E-state index contributed by atoms with van der Waals surface area (Å²) in [6.07, 6.45) is 2.72. The molecule has 1 heterocycles. The lowest BCUT2D eigenvalue weighted by Crippen LogP contribution is -2.37. The van der Waals surface area contributed by atoms with Gasteiger partial charge in [-0.05, 0) is 59.8 Å². The van der Waals surface area contributed by atoms with Crippen LogP contribution in [0.25, 0.3) is 0 Å². The monoisotopic (exact) mass is 478 g/mol. The van der Waals surface area contributed by atoms with Gasteiger partial charge in [0.2, 0.25) is 11.9 Å². The minimum Gasteiger partial charge on any atom is -0.508 e. The van der Waals surface area contributed by atoms with Gasteiger partial charge in [-0.1, -0.05) is 48.5 Å². The molecule has 0 saturated heterocycles. The summed E-state index contributed by atoms with van der Waals surface area (Å²) < 4.78 is 0. The molecule has 0 saturated carbocycles. The SMILES string of the molecule is [B]c1cnc(Nc2cccc(NC(=O)C(N)Cc3ccccc3)c2)nc1NCCc1ccc(O)cc1. The number of aromatic hydroxyl groups is 1. The summed E-state index contributed by atoms with van der Waals surface area (Å²) in [6, 6.07) is 23.3. The van der Waals surface area contributed by atoms with Gasteiger partial charge in [-0.15, -0.1) is 0 Å². The van der Waals surface area contributed by atoms with Crippen molar-refractivity contribution < 1.29 is 9.90 Å². The molecule has 4 aromatic rings. The van der Waals surface area contributed by atoms with E-state index in [1.165, 1.54) is 6.20 Å². The Morgan fingerprint density at radius 2 is 1.72 bits per heavy atom. The summed E-state index contributed by atoms with van der Waals surface area (Å²) >= 11 is 0. The molecule has 0 aliphatic carbocycles. The van der Waals surface area contributed by atoms with E-state index in [1.54, 1.807) is 24.3 Å². The lowest BCUT2D eigenvalue weighted by molar-refractivity contribution is -0.117. The Balaban J connectivity index is 1.34. The maximum Gasteiger partial charge on any atom is 0.241 e. The van der Waals surface area contributed by atoms with Crippen LogP contribution < -0.4 is 27.1 Å². The zero-order valence-electron chi connectivity index (χ0n) is 19.7. The van der Waals surface area contributed by atoms with Gasteiger partial charge in [-0.25, -0.2) is 4.98 Å². The second kappa shape index (κ2) is 11.9. The summed E-state index contributed by atoms with van der Waals surface area (Å²) in [4.78, 5) is 21.3. The predicted octanol–water partition coefficient (Wildman–Crippen LogP) is 2.88. The van der Waals surface area contributed by atoms with Crippen molar-refractivity contribution in [2.45, 2.75) is 18.9 Å². The van der Waals surface area contributed by atoms with E-state index in [2.05, 4.69) is 25.9 Å². The molecule has 9 heteroatoms. The fraction of sp³-hybridized carbons (Fsp3) is 0.148. The predicted molar refractivity (Wildman–Crippen MR) is 144 cm³/mol. The summed E-state index contributed by atoms with van der Waals surface area (Å²) in [5.41, 5.74) is 9.91. The Morgan fingerprint density at radius 3 is 2.50 bits per heavy atom. The molecule has 3 aromatic carbocycles. The quantitative estimate of drug-likeness (QED) is 0.222. The van der Waals surface area contributed by atoms with E-state index in [9.17, 15) is 9.90 Å². The van der Waals surface area contributed by atoms with Crippen LogP contribution in [0.2, 0.25) is 0 Å². The third-order valence-electron chi connectivity index (χ3n) is 5.48. The molecule has 0 fully saturated rings. The molecule has 8 nitrogen and oxygen atoms in total. The number of aromatic nitrogens is 2. The van der Waals surface area contributed by atoms with Gasteiger partial charge < -0.3 is 26.8 Å². The van der Waals surface area contributed by atoms with Gasteiger partial charge in [0.1, 0.15) is 19.4 Å². The maximum absolute atomic E-state index is 12.6. The second-order valence-electron chi connectivity index (χ2n) is 8.33. The smallest absolute Gasteiger partial charge is 0.241 e. The van der Waals surface area contributed by atoms with Crippen molar-refractivity contribution in [2.24, 2.45) is 5.73 Å². The third kappa shape index (κ3) is 7.07. The summed E-state index contributed by atoms with van der Waals surface area (Å²) in [6.45, 7) is 0.607. The molecule has 1 atom stereocenters. The van der Waals surface area contributed by atoms with Crippen LogP contribution in [0, 0.1) is 0 Å². The molecular formula is C27H27BN6O2. The van der Waals surface area contributed by atoms with E-state index in [-0.39, 0.29) is 11.7 Å². The molecule has 36 heavy (non-hydrogen) atoms. The Labute approximate surface area is 211 Å². The van der Waals surface area contributed by atoms with E-state index in [4.69, 9.17) is 13.6 Å². The zero-order chi connectivity index (χ0) is 25.3. The van der Waals surface area contributed by atoms with Crippen LogP contribution in [0.4, 0.5) is 23.1 Å². The highest BCUT2D eigenvalue weighted by molar-refractivity contribution is 6.35. The molecule has 1 unspecified atom stereocenters. The molecule has 0 bridgehead atoms. The number of nitrogens with one attached hydrogen (secondary N) is 3. The van der Waals surface area contributed by atoms with Crippen molar-refractivity contribution in [3.05, 3.63) is 96.2 Å². The minimum absolute atomic E-state index is 0.237. The van der Waals surface area contributed by atoms with Crippen LogP contribution >= 0.6 is 0 Å². The average molecular weight is 478 g/mol. The van der Waals surface area contributed by atoms with E-state index in [0.717, 1.165) is 17.5 Å². The fourth-order valence-corrected chi connectivity index (χ4v) is 3.58. The molecule has 0 aliphatic rings. The number of rotatable bonds is 10. The molecule has 180 valence electrons. The highest BCUT2D eigenvalue weighted by Gasteiger charge is 2.14. The summed E-state index contributed by atoms with van der Waals surface area (Å²) in [7, 11) is 6.04. The largest absolute Gasteiger partial charge is 0.508 e. The van der Waals surface area contributed by atoms with Crippen molar-refractivity contribution >= 4 is 42.4 Å². The zero-order valence-corrected chi connectivity index (χ0v) is 19.7. The van der Waals surface area contributed by atoms with Crippen molar-refractivity contribution in [1.82, 2.24) is 9.97 Å². The van der Waals surface area contributed by atoms with Gasteiger partial charge in [0.25, 0.3) is 0 Å². The van der Waals surface area contributed by atoms with Crippen LogP contribution in [-0.4, -0.2) is 41.4 Å². The number of carbonyl (C=O) groups is 1. The molecule has 6 N–H and O–H groups in total. The van der Waals surface area contributed by atoms with Crippen LogP contribution in [0.3, 0.4) is 0 Å². The van der Waals surface area contributed by atoms with Gasteiger partial charge >= 0.3 is 0 Å². The van der Waals surface area contributed by atoms with Crippen molar-refractivity contribution in [1.29, 1.82) is 0 Å². The van der Waals surface area contributed by atoms with E-state index in [1.807, 2.05) is 54.6 Å². The lowest BCUT2D eigenvalue weighted by atomic mass is 9.99. The maximum atomic E-state index is 12.6. The number of hydrogen-bond donors (Lipinski definition) is 5. The van der Waals surface area contributed by atoms with Crippen molar-refractivity contribution in [3.8, 4) is 5.75 Å². The molecule has 0 aliphatic heterocycles. The number of benzene rings is 3. The van der Waals surface area contributed by atoms with E-state index in [0.29, 0.717) is 41.6 Å². The first kappa shape index (κ1) is 24.7. The molecule has 2 radical (unpaired) electrons. The highest BCUT2D eigenvalue weighted by Crippen LogP contribution is 2.19. The number of nitrogens with zero attached hydrogens (tertiary/aromatic N) is 2. The molecule has 0 spiro atoms. The van der Waals surface area contributed by atoms with Crippen LogP contribution in [0.5, 0.6) is 5.75 Å². The molecule has 1 amide bonds. The fourth-order valence-electron chi connectivity index (χ4n) is 3.58.